The molecule has 41 heavy (non-hydrogen) atoms. The maximum Gasteiger partial charge on any atom is 0.306 e. The zero-order valence-corrected chi connectivity index (χ0v) is 22.8. The number of hydrogen-bond donors (Lipinski definition) is 4. The lowest BCUT2D eigenvalue weighted by molar-refractivity contribution is -0.151. The van der Waals surface area contributed by atoms with Crippen molar-refractivity contribution in [1.29, 1.82) is 0 Å². The summed E-state index contributed by atoms with van der Waals surface area (Å²) in [6.07, 6.45) is -2.13. The van der Waals surface area contributed by atoms with Crippen molar-refractivity contribution in [3.05, 3.63) is 12.3 Å². The van der Waals surface area contributed by atoms with Gasteiger partial charge in [-0.15, -0.1) is 0 Å². The molecule has 0 unspecified atom stereocenters. The molecule has 0 aliphatic carbocycles. The molecule has 0 aliphatic heterocycles. The van der Waals surface area contributed by atoms with E-state index in [-0.39, 0.29) is 90.0 Å². The fraction of sp³-hybridized carbons (Fsp3) is 0.654. The molecule has 4 N–H and O–H groups in total. The number of rotatable bonds is 24. The molecule has 0 aromatic carbocycles. The lowest BCUT2D eigenvalue weighted by Crippen LogP contribution is -2.30. The van der Waals surface area contributed by atoms with Gasteiger partial charge in [0, 0.05) is 6.42 Å². The molecule has 15 nitrogen and oxygen atoms in total. The fourth-order valence-electron chi connectivity index (χ4n) is 3.44. The molecule has 0 atom stereocenters. The molecule has 0 saturated carbocycles. The van der Waals surface area contributed by atoms with E-state index in [2.05, 4.69) is 6.58 Å². The molecule has 0 heterocycles. The molecule has 15 heteroatoms. The highest BCUT2D eigenvalue weighted by Crippen LogP contribution is 2.36. The van der Waals surface area contributed by atoms with Crippen LogP contribution in [-0.2, 0) is 52.5 Å². The van der Waals surface area contributed by atoms with E-state index < -0.39 is 66.5 Å². The van der Waals surface area contributed by atoms with Gasteiger partial charge in [-0.1, -0.05) is 6.58 Å². The largest absolute Gasteiger partial charge is 0.513 e. The predicted octanol–water partition coefficient (Wildman–Crippen LogP) is 2.15. The summed E-state index contributed by atoms with van der Waals surface area (Å²) >= 11 is 0. The Morgan fingerprint density at radius 1 is 0.439 bits per heavy atom. The molecule has 0 radical (unpaired) electrons. The molecular formula is C26H38O15. The number of aliphatic carboxylic acids is 3. The van der Waals surface area contributed by atoms with E-state index in [1.54, 1.807) is 0 Å². The van der Waals surface area contributed by atoms with E-state index in [1.165, 1.54) is 0 Å². The Hall–Kier alpha value is -4.17. The highest BCUT2D eigenvalue weighted by Gasteiger charge is 2.32. The lowest BCUT2D eigenvalue weighted by Gasteiger charge is -2.33. The van der Waals surface area contributed by atoms with Crippen LogP contribution in [0.3, 0.4) is 0 Å². The van der Waals surface area contributed by atoms with E-state index in [0.29, 0.717) is 0 Å². The van der Waals surface area contributed by atoms with Crippen LogP contribution in [0.5, 0.6) is 0 Å². The summed E-state index contributed by atoms with van der Waals surface area (Å²) in [5, 5.41) is 35.4. The molecule has 0 aromatic rings. The lowest BCUT2D eigenvalue weighted by atomic mass is 9.76. The van der Waals surface area contributed by atoms with Gasteiger partial charge in [0.2, 0.25) is 0 Å². The van der Waals surface area contributed by atoms with E-state index in [1.807, 2.05) is 0 Å². The quantitative estimate of drug-likeness (QED) is 0.0715. The number of allylic oxidation sites excluding steroid dienone is 1. The van der Waals surface area contributed by atoms with Crippen LogP contribution in [0.2, 0.25) is 0 Å². The zero-order valence-electron chi connectivity index (χ0n) is 22.8. The minimum Gasteiger partial charge on any atom is -0.513 e. The second-order valence-corrected chi connectivity index (χ2v) is 9.13. The minimum atomic E-state index is -1.18. The molecular weight excluding hydrogens is 552 g/mol. The van der Waals surface area contributed by atoms with Crippen molar-refractivity contribution >= 4 is 41.8 Å². The predicted molar refractivity (Wildman–Crippen MR) is 136 cm³/mol. The second kappa shape index (κ2) is 20.7. The van der Waals surface area contributed by atoms with Crippen LogP contribution >= 0.6 is 0 Å². The maximum absolute atomic E-state index is 12.0. The number of carboxylic acids is 3. The average Bonchev–Trinajstić information content (AvgIpc) is 2.88. The number of aliphatic hydroxyl groups excluding tert-OH is 1. The van der Waals surface area contributed by atoms with Gasteiger partial charge in [-0.2, -0.15) is 0 Å². The third-order valence-electron chi connectivity index (χ3n) is 5.83. The van der Waals surface area contributed by atoms with Gasteiger partial charge in [-0.25, -0.2) is 0 Å². The Morgan fingerprint density at radius 2 is 0.683 bits per heavy atom. The number of aliphatic hydroxyl groups is 1. The van der Waals surface area contributed by atoms with Crippen molar-refractivity contribution in [3.63, 3.8) is 0 Å². The van der Waals surface area contributed by atoms with Gasteiger partial charge in [-0.05, 0) is 31.1 Å². The molecule has 0 bridgehead atoms. The van der Waals surface area contributed by atoms with Gasteiger partial charge in [-0.3, -0.25) is 33.6 Å². The maximum atomic E-state index is 12.0. The van der Waals surface area contributed by atoms with Crippen LogP contribution < -0.4 is 0 Å². The van der Waals surface area contributed by atoms with Crippen LogP contribution in [0.25, 0.3) is 0 Å². The molecule has 0 aliphatic rings. The van der Waals surface area contributed by atoms with Crippen molar-refractivity contribution in [1.82, 2.24) is 0 Å². The average molecular weight is 591 g/mol. The third kappa shape index (κ3) is 21.3. The summed E-state index contributed by atoms with van der Waals surface area (Å²) in [4.78, 5) is 79.8. The van der Waals surface area contributed by atoms with Gasteiger partial charge in [0.1, 0.15) is 0 Å². The number of carboxylic acid groups (broad SMARTS) is 3. The Bertz CT molecular complexity index is 774. The second-order valence-electron chi connectivity index (χ2n) is 9.13. The van der Waals surface area contributed by atoms with E-state index in [4.69, 9.17) is 39.4 Å². The van der Waals surface area contributed by atoms with Crippen molar-refractivity contribution in [2.24, 2.45) is 5.41 Å². The van der Waals surface area contributed by atoms with Crippen molar-refractivity contribution in [2.45, 2.75) is 77.0 Å². The van der Waals surface area contributed by atoms with Crippen LogP contribution in [0.15, 0.2) is 12.3 Å². The summed E-state index contributed by atoms with van der Waals surface area (Å²) in [5.41, 5.74) is -0.923. The standard InChI is InChI=1S/C26H38O15/c1-18(27)2-6-22(34)38-14-10-26(11-15-39-23(35)7-3-19(28)29,12-16-40-24(36)8-4-20(30)31)13-17-41-25(37)9-5-21(32)33/h27H,1-17H2,(H,28,29)(H,30,31)(H,32,33). The Kier molecular flexibility index (Phi) is 18.6. The Balaban J connectivity index is 5.51. The van der Waals surface area contributed by atoms with Crippen LogP contribution in [0.1, 0.15) is 77.0 Å². The highest BCUT2D eigenvalue weighted by molar-refractivity contribution is 5.77. The number of hydrogen-bond acceptors (Lipinski definition) is 12. The molecule has 232 valence electrons. The van der Waals surface area contributed by atoms with Gasteiger partial charge in [0.05, 0.1) is 77.1 Å². The minimum absolute atomic E-state index is 0.00510. The molecule has 0 amide bonds. The molecule has 0 spiro atoms. The third-order valence-corrected chi connectivity index (χ3v) is 5.83. The van der Waals surface area contributed by atoms with Gasteiger partial charge in [0.15, 0.2) is 0 Å². The van der Waals surface area contributed by atoms with Gasteiger partial charge < -0.3 is 39.4 Å². The summed E-state index contributed by atoms with van der Waals surface area (Å²) in [7, 11) is 0. The molecule has 0 fully saturated rings. The van der Waals surface area contributed by atoms with Gasteiger partial charge >= 0.3 is 41.8 Å². The Labute approximate surface area is 236 Å². The highest BCUT2D eigenvalue weighted by atomic mass is 16.5. The van der Waals surface area contributed by atoms with E-state index in [9.17, 15) is 33.6 Å². The molecule has 0 saturated heterocycles. The number of carbonyl (C=O) groups is 7. The summed E-state index contributed by atoms with van der Waals surface area (Å²) in [6.45, 7) is 2.54. The van der Waals surface area contributed by atoms with Crippen molar-refractivity contribution in [2.75, 3.05) is 26.4 Å². The number of ether oxygens (including phenoxy) is 4. The smallest absolute Gasteiger partial charge is 0.306 e. The first-order chi connectivity index (χ1) is 19.2. The topological polar surface area (TPSA) is 237 Å². The summed E-state index contributed by atoms with van der Waals surface area (Å²) < 4.78 is 20.6. The molecule has 0 rings (SSSR count). The van der Waals surface area contributed by atoms with Crippen LogP contribution in [0.4, 0.5) is 0 Å². The Morgan fingerprint density at radius 3 is 0.902 bits per heavy atom. The number of carbonyl (C=O) groups excluding carboxylic acids is 4. The fourth-order valence-corrected chi connectivity index (χ4v) is 3.44. The monoisotopic (exact) mass is 590 g/mol. The van der Waals surface area contributed by atoms with Crippen molar-refractivity contribution in [3.8, 4) is 0 Å². The van der Waals surface area contributed by atoms with Crippen LogP contribution in [0, 0.1) is 5.41 Å². The first-order valence-electron chi connectivity index (χ1n) is 12.9. The normalized spacial score (nSPS) is 10.7. The first-order valence-corrected chi connectivity index (χ1v) is 12.9. The van der Waals surface area contributed by atoms with E-state index in [0.717, 1.165) is 0 Å². The first kappa shape index (κ1) is 36.8. The number of esters is 4. The van der Waals surface area contributed by atoms with Crippen molar-refractivity contribution < 1.29 is 72.9 Å². The van der Waals surface area contributed by atoms with Crippen LogP contribution in [-0.4, -0.2) is 88.6 Å². The summed E-state index contributed by atoms with van der Waals surface area (Å²) in [5.74, 6) is -6.68. The van der Waals surface area contributed by atoms with Gasteiger partial charge in [0.25, 0.3) is 0 Å². The van der Waals surface area contributed by atoms with E-state index >= 15 is 0 Å². The summed E-state index contributed by atoms with van der Waals surface area (Å²) in [6, 6.07) is 0. The SMILES string of the molecule is C=C(O)CCC(=O)OCCC(CCOC(=O)CCC(=O)O)(CCOC(=O)CCC(=O)O)CCOC(=O)CCC(=O)O. The molecule has 0 aromatic heterocycles. The zero-order chi connectivity index (χ0) is 31.3.